The Morgan fingerprint density at radius 1 is 1.50 bits per heavy atom. The van der Waals surface area contributed by atoms with Crippen molar-refractivity contribution in [2.45, 2.75) is 6.10 Å². The number of ether oxygens (including phenoxy) is 1. The van der Waals surface area contributed by atoms with Gasteiger partial charge in [-0.15, -0.1) is 5.10 Å². The Balaban J connectivity index is 2.01. The SMILES string of the molecule is CO[C@@H](CNC(=O)c1cn(C)nn1)c1ccccc1Cl. The molecule has 0 spiro atoms. The quantitative estimate of drug-likeness (QED) is 0.909. The molecule has 6 nitrogen and oxygen atoms in total. The Labute approximate surface area is 121 Å². The summed E-state index contributed by atoms with van der Waals surface area (Å²) >= 11 is 6.12. The third-order valence-corrected chi connectivity index (χ3v) is 3.16. The molecule has 106 valence electrons. The van der Waals surface area contributed by atoms with Gasteiger partial charge in [0.15, 0.2) is 5.69 Å². The van der Waals surface area contributed by atoms with Crippen molar-refractivity contribution in [2.24, 2.45) is 7.05 Å². The van der Waals surface area contributed by atoms with Crippen LogP contribution in [0.3, 0.4) is 0 Å². The lowest BCUT2D eigenvalue weighted by atomic mass is 10.1. The highest BCUT2D eigenvalue weighted by molar-refractivity contribution is 6.31. The van der Waals surface area contributed by atoms with E-state index in [1.165, 1.54) is 4.68 Å². The molecule has 0 saturated carbocycles. The van der Waals surface area contributed by atoms with E-state index in [0.29, 0.717) is 11.6 Å². The van der Waals surface area contributed by atoms with Crippen LogP contribution in [0, 0.1) is 0 Å². The van der Waals surface area contributed by atoms with Crippen molar-refractivity contribution in [3.8, 4) is 0 Å². The third kappa shape index (κ3) is 3.34. The molecule has 1 atom stereocenters. The number of methoxy groups -OCH3 is 1. The highest BCUT2D eigenvalue weighted by Gasteiger charge is 2.16. The van der Waals surface area contributed by atoms with Gasteiger partial charge in [0, 0.05) is 31.3 Å². The van der Waals surface area contributed by atoms with E-state index >= 15 is 0 Å². The maximum absolute atomic E-state index is 11.9. The number of halogens is 1. The van der Waals surface area contributed by atoms with Gasteiger partial charge in [0.2, 0.25) is 0 Å². The number of benzene rings is 1. The van der Waals surface area contributed by atoms with Gasteiger partial charge in [0.1, 0.15) is 6.10 Å². The molecular formula is C13H15ClN4O2. The predicted octanol–water partition coefficient (Wildman–Crippen LogP) is 1.59. The van der Waals surface area contributed by atoms with Gasteiger partial charge in [0.25, 0.3) is 5.91 Å². The van der Waals surface area contributed by atoms with Crippen LogP contribution in [-0.2, 0) is 11.8 Å². The first-order valence-electron chi connectivity index (χ1n) is 6.03. The number of carbonyl (C=O) groups excluding carboxylic acids is 1. The summed E-state index contributed by atoms with van der Waals surface area (Å²) in [5.41, 5.74) is 1.10. The van der Waals surface area contributed by atoms with Gasteiger partial charge in [-0.3, -0.25) is 9.48 Å². The largest absolute Gasteiger partial charge is 0.375 e. The fraction of sp³-hybridized carbons (Fsp3) is 0.308. The molecule has 20 heavy (non-hydrogen) atoms. The molecule has 1 aromatic carbocycles. The lowest BCUT2D eigenvalue weighted by molar-refractivity contribution is 0.0824. The molecule has 2 aromatic rings. The Hall–Kier alpha value is -1.92. The number of amides is 1. The first-order chi connectivity index (χ1) is 9.61. The minimum absolute atomic E-state index is 0.265. The number of carbonyl (C=O) groups is 1. The highest BCUT2D eigenvalue weighted by Crippen LogP contribution is 2.24. The van der Waals surface area contributed by atoms with Crippen molar-refractivity contribution in [1.29, 1.82) is 0 Å². The molecule has 1 heterocycles. The van der Waals surface area contributed by atoms with Crippen LogP contribution >= 0.6 is 11.6 Å². The monoisotopic (exact) mass is 294 g/mol. The van der Waals surface area contributed by atoms with Gasteiger partial charge < -0.3 is 10.1 Å². The van der Waals surface area contributed by atoms with Gasteiger partial charge in [0.05, 0.1) is 6.20 Å². The molecule has 0 bridgehead atoms. The molecule has 2 rings (SSSR count). The molecule has 0 aliphatic carbocycles. The van der Waals surface area contributed by atoms with E-state index < -0.39 is 0 Å². The molecule has 0 aliphatic heterocycles. The van der Waals surface area contributed by atoms with Crippen molar-refractivity contribution in [3.05, 3.63) is 46.7 Å². The van der Waals surface area contributed by atoms with E-state index in [4.69, 9.17) is 16.3 Å². The second-order valence-electron chi connectivity index (χ2n) is 4.23. The topological polar surface area (TPSA) is 69.0 Å². The molecule has 1 amide bonds. The first kappa shape index (κ1) is 14.5. The van der Waals surface area contributed by atoms with E-state index in [2.05, 4.69) is 15.6 Å². The van der Waals surface area contributed by atoms with Gasteiger partial charge in [-0.05, 0) is 6.07 Å². The van der Waals surface area contributed by atoms with Crippen molar-refractivity contribution in [3.63, 3.8) is 0 Å². The molecule has 0 unspecified atom stereocenters. The Kier molecular flexibility index (Phi) is 4.70. The molecule has 1 aromatic heterocycles. The average molecular weight is 295 g/mol. The summed E-state index contributed by atoms with van der Waals surface area (Å²) in [6.45, 7) is 0.301. The van der Waals surface area contributed by atoms with E-state index in [9.17, 15) is 4.79 Å². The molecule has 7 heteroatoms. The highest BCUT2D eigenvalue weighted by atomic mass is 35.5. The standard InChI is InChI=1S/C13H15ClN4O2/c1-18-8-11(16-17-18)13(19)15-7-12(20-2)9-5-3-4-6-10(9)14/h3-6,8,12H,7H2,1-2H3,(H,15,19)/t12-/m0/s1. The van der Waals surface area contributed by atoms with E-state index in [0.717, 1.165) is 5.56 Å². The fourth-order valence-electron chi connectivity index (χ4n) is 1.78. The van der Waals surface area contributed by atoms with Crippen LogP contribution in [0.1, 0.15) is 22.2 Å². The maximum Gasteiger partial charge on any atom is 0.273 e. The third-order valence-electron chi connectivity index (χ3n) is 2.82. The van der Waals surface area contributed by atoms with Gasteiger partial charge in [-0.25, -0.2) is 0 Å². The van der Waals surface area contributed by atoms with Crippen LogP contribution in [0.5, 0.6) is 0 Å². The summed E-state index contributed by atoms with van der Waals surface area (Å²) in [6, 6.07) is 7.37. The second kappa shape index (κ2) is 6.49. The summed E-state index contributed by atoms with van der Waals surface area (Å²) in [5.74, 6) is -0.299. The lowest BCUT2D eigenvalue weighted by Crippen LogP contribution is -2.29. The predicted molar refractivity (Wildman–Crippen MR) is 74.5 cm³/mol. The van der Waals surface area contributed by atoms with Crippen molar-refractivity contribution in [1.82, 2.24) is 20.3 Å². The van der Waals surface area contributed by atoms with Crippen molar-refractivity contribution in [2.75, 3.05) is 13.7 Å². The lowest BCUT2D eigenvalue weighted by Gasteiger charge is -2.17. The smallest absolute Gasteiger partial charge is 0.273 e. The maximum atomic E-state index is 11.9. The first-order valence-corrected chi connectivity index (χ1v) is 6.41. The van der Waals surface area contributed by atoms with Crippen molar-refractivity contribution >= 4 is 17.5 Å². The molecular weight excluding hydrogens is 280 g/mol. The summed E-state index contributed by atoms with van der Waals surface area (Å²) in [5, 5.41) is 10.8. The molecule has 1 N–H and O–H groups in total. The zero-order valence-electron chi connectivity index (χ0n) is 11.2. The molecule has 0 fully saturated rings. The van der Waals surface area contributed by atoms with E-state index in [1.807, 2.05) is 18.2 Å². The summed E-state index contributed by atoms with van der Waals surface area (Å²) in [7, 11) is 3.27. The van der Waals surface area contributed by atoms with Crippen LogP contribution in [0.15, 0.2) is 30.5 Å². The summed E-state index contributed by atoms with van der Waals surface area (Å²) in [4.78, 5) is 11.9. The van der Waals surface area contributed by atoms with E-state index in [-0.39, 0.29) is 17.7 Å². The number of hydrogen-bond acceptors (Lipinski definition) is 4. The minimum Gasteiger partial charge on any atom is -0.375 e. The number of aromatic nitrogens is 3. The fourth-order valence-corrected chi connectivity index (χ4v) is 2.04. The van der Waals surface area contributed by atoms with Crippen molar-refractivity contribution < 1.29 is 9.53 Å². The van der Waals surface area contributed by atoms with Gasteiger partial charge >= 0.3 is 0 Å². The second-order valence-corrected chi connectivity index (χ2v) is 4.64. The number of aryl methyl sites for hydroxylation is 1. The number of hydrogen-bond donors (Lipinski definition) is 1. The van der Waals surface area contributed by atoms with Crippen LogP contribution < -0.4 is 5.32 Å². The van der Waals surface area contributed by atoms with Gasteiger partial charge in [-0.1, -0.05) is 35.0 Å². The zero-order chi connectivity index (χ0) is 14.5. The van der Waals surface area contributed by atoms with Crippen LogP contribution in [0.25, 0.3) is 0 Å². The number of nitrogens with zero attached hydrogens (tertiary/aromatic N) is 3. The number of rotatable bonds is 5. The van der Waals surface area contributed by atoms with Crippen LogP contribution in [-0.4, -0.2) is 34.6 Å². The van der Waals surface area contributed by atoms with Gasteiger partial charge in [-0.2, -0.15) is 0 Å². The summed E-state index contributed by atoms with van der Waals surface area (Å²) in [6.07, 6.45) is 1.23. The normalized spacial score (nSPS) is 12.2. The van der Waals surface area contributed by atoms with Crippen LogP contribution in [0.2, 0.25) is 5.02 Å². The average Bonchev–Trinajstić information content (AvgIpc) is 2.88. The minimum atomic E-state index is -0.315. The Morgan fingerprint density at radius 3 is 2.85 bits per heavy atom. The summed E-state index contributed by atoms with van der Waals surface area (Å²) < 4.78 is 6.84. The number of nitrogens with one attached hydrogen (secondary N) is 1. The Morgan fingerprint density at radius 2 is 2.25 bits per heavy atom. The molecule has 0 saturated heterocycles. The zero-order valence-corrected chi connectivity index (χ0v) is 12.0. The van der Waals surface area contributed by atoms with E-state index in [1.54, 1.807) is 26.4 Å². The Bertz CT molecular complexity index is 600. The molecule has 0 radical (unpaired) electrons. The van der Waals surface area contributed by atoms with Crippen LogP contribution in [0.4, 0.5) is 0 Å². The molecule has 0 aliphatic rings.